The fraction of sp³-hybridized carbons (Fsp3) is 0.471. The molecule has 1 aliphatic heterocycles. The van der Waals surface area contributed by atoms with Crippen molar-refractivity contribution in [3.05, 3.63) is 47.5 Å². The average Bonchev–Trinajstić information content (AvgIpc) is 3.10. The van der Waals surface area contributed by atoms with Gasteiger partial charge in [0, 0.05) is 36.5 Å². The maximum atomic E-state index is 5.72. The fourth-order valence-electron chi connectivity index (χ4n) is 3.01. The van der Waals surface area contributed by atoms with E-state index in [1.54, 1.807) is 0 Å². The van der Waals surface area contributed by atoms with Crippen molar-refractivity contribution in [1.82, 2.24) is 14.9 Å². The largest absolute Gasteiger partial charge is 0.494 e. The van der Waals surface area contributed by atoms with Crippen molar-refractivity contribution in [2.24, 2.45) is 0 Å². The first-order valence-corrected chi connectivity index (χ1v) is 7.71. The van der Waals surface area contributed by atoms with E-state index in [9.17, 15) is 0 Å². The van der Waals surface area contributed by atoms with Crippen LogP contribution in [0.4, 0.5) is 0 Å². The van der Waals surface area contributed by atoms with Crippen molar-refractivity contribution in [2.75, 3.05) is 19.7 Å². The second-order valence-electron chi connectivity index (χ2n) is 5.71. The summed E-state index contributed by atoms with van der Waals surface area (Å²) in [7, 11) is 0. The Balaban J connectivity index is 1.65. The summed E-state index contributed by atoms with van der Waals surface area (Å²) in [6.07, 6.45) is 3.09. The second-order valence-corrected chi connectivity index (χ2v) is 5.71. The molecule has 21 heavy (non-hydrogen) atoms. The molecule has 1 fully saturated rings. The number of ether oxygens (including phenoxy) is 1. The van der Waals surface area contributed by atoms with E-state index < -0.39 is 0 Å². The molecule has 1 aromatic heterocycles. The molecule has 0 aliphatic carbocycles. The molecule has 2 heterocycles. The number of hydrogen-bond acceptors (Lipinski definition) is 3. The quantitative estimate of drug-likeness (QED) is 0.917. The van der Waals surface area contributed by atoms with E-state index in [2.05, 4.69) is 40.0 Å². The van der Waals surface area contributed by atoms with Gasteiger partial charge in [0.05, 0.1) is 6.61 Å². The van der Waals surface area contributed by atoms with Crippen LogP contribution in [-0.4, -0.2) is 34.6 Å². The first kappa shape index (κ1) is 14.1. The van der Waals surface area contributed by atoms with Crippen LogP contribution in [0.1, 0.15) is 36.3 Å². The van der Waals surface area contributed by atoms with Crippen LogP contribution in [0.15, 0.2) is 30.5 Å². The van der Waals surface area contributed by atoms with Gasteiger partial charge in [-0.25, -0.2) is 4.98 Å². The lowest BCUT2D eigenvalue weighted by Crippen LogP contribution is -2.20. The topological polar surface area (TPSA) is 41.1 Å². The Morgan fingerprint density at radius 2 is 2.24 bits per heavy atom. The van der Waals surface area contributed by atoms with E-state index in [1.165, 1.54) is 12.0 Å². The molecule has 0 saturated carbocycles. The van der Waals surface area contributed by atoms with Gasteiger partial charge >= 0.3 is 0 Å². The molecular formula is C17H23N3O. The molecule has 0 bridgehead atoms. The van der Waals surface area contributed by atoms with E-state index >= 15 is 0 Å². The number of hydrogen-bond donors (Lipinski definition) is 1. The van der Waals surface area contributed by atoms with Crippen molar-refractivity contribution < 1.29 is 4.74 Å². The monoisotopic (exact) mass is 285 g/mol. The Labute approximate surface area is 126 Å². The Hall–Kier alpha value is -1.81. The molecule has 1 saturated heterocycles. The van der Waals surface area contributed by atoms with E-state index in [0.717, 1.165) is 36.9 Å². The minimum absolute atomic E-state index is 0.526. The van der Waals surface area contributed by atoms with Crippen molar-refractivity contribution in [2.45, 2.75) is 32.7 Å². The number of imidazole rings is 1. The highest BCUT2D eigenvalue weighted by molar-refractivity contribution is 5.33. The number of aromatic nitrogens is 2. The van der Waals surface area contributed by atoms with E-state index in [1.807, 2.05) is 19.2 Å². The number of nitrogens with zero attached hydrogens (tertiary/aromatic N) is 2. The van der Waals surface area contributed by atoms with E-state index in [4.69, 9.17) is 4.74 Å². The summed E-state index contributed by atoms with van der Waals surface area (Å²) >= 11 is 0. The van der Waals surface area contributed by atoms with Crippen LogP contribution in [0.3, 0.4) is 0 Å². The van der Waals surface area contributed by atoms with Gasteiger partial charge in [0.25, 0.3) is 0 Å². The highest BCUT2D eigenvalue weighted by Gasteiger charge is 2.26. The normalized spacial score (nSPS) is 19.0. The standard InChI is InChI=1S/C17H23N3O/c1-3-21-16-7-5-4-6-14(16)11-20-9-8-15(12-20)17-18-10-13(2)19-17/h4-7,10,15H,3,8-9,11-12H2,1-2H3,(H,18,19)/t15-/m1/s1. The zero-order chi connectivity index (χ0) is 14.7. The van der Waals surface area contributed by atoms with Crippen LogP contribution in [0.25, 0.3) is 0 Å². The molecule has 3 rings (SSSR count). The molecule has 112 valence electrons. The van der Waals surface area contributed by atoms with Gasteiger partial charge in [-0.05, 0) is 32.9 Å². The first-order valence-electron chi connectivity index (χ1n) is 7.71. The van der Waals surface area contributed by atoms with Crippen LogP contribution in [0.5, 0.6) is 5.75 Å². The molecule has 2 aromatic rings. The Morgan fingerprint density at radius 3 is 3.00 bits per heavy atom. The molecule has 0 amide bonds. The third-order valence-corrected chi connectivity index (χ3v) is 4.05. The SMILES string of the molecule is CCOc1ccccc1CN1CC[C@@H](c2ncc(C)[nH]2)C1. The van der Waals surface area contributed by atoms with Crippen LogP contribution >= 0.6 is 0 Å². The van der Waals surface area contributed by atoms with Gasteiger partial charge in [-0.15, -0.1) is 0 Å². The van der Waals surface area contributed by atoms with Gasteiger partial charge in [0.15, 0.2) is 0 Å². The van der Waals surface area contributed by atoms with Crippen LogP contribution in [0, 0.1) is 6.92 Å². The number of H-pyrrole nitrogens is 1. The molecular weight excluding hydrogens is 262 g/mol. The summed E-state index contributed by atoms with van der Waals surface area (Å²) in [5, 5.41) is 0. The lowest BCUT2D eigenvalue weighted by atomic mass is 10.1. The molecule has 1 N–H and O–H groups in total. The van der Waals surface area contributed by atoms with Crippen LogP contribution in [-0.2, 0) is 6.54 Å². The highest BCUT2D eigenvalue weighted by Crippen LogP contribution is 2.28. The number of likely N-dealkylation sites (tertiary alicyclic amines) is 1. The minimum atomic E-state index is 0.526. The predicted octanol–water partition coefficient (Wildman–Crippen LogP) is 3.11. The number of nitrogens with one attached hydrogen (secondary N) is 1. The summed E-state index contributed by atoms with van der Waals surface area (Å²) in [5.74, 6) is 2.67. The first-order chi connectivity index (χ1) is 10.3. The maximum absolute atomic E-state index is 5.72. The smallest absolute Gasteiger partial charge is 0.123 e. The Bertz CT molecular complexity index is 593. The summed E-state index contributed by atoms with van der Waals surface area (Å²) in [4.78, 5) is 10.3. The van der Waals surface area contributed by atoms with Gasteiger partial charge in [0.1, 0.15) is 11.6 Å². The number of aryl methyl sites for hydroxylation is 1. The van der Waals surface area contributed by atoms with Crippen molar-refractivity contribution in [1.29, 1.82) is 0 Å². The molecule has 1 aromatic carbocycles. The summed E-state index contributed by atoms with van der Waals surface area (Å²) in [5.41, 5.74) is 2.42. The second kappa shape index (κ2) is 6.31. The zero-order valence-electron chi connectivity index (χ0n) is 12.8. The average molecular weight is 285 g/mol. The van der Waals surface area contributed by atoms with E-state index in [0.29, 0.717) is 12.5 Å². The summed E-state index contributed by atoms with van der Waals surface area (Å²) in [6, 6.07) is 8.34. The number of benzene rings is 1. The summed E-state index contributed by atoms with van der Waals surface area (Å²) < 4.78 is 5.72. The lowest BCUT2D eigenvalue weighted by Gasteiger charge is -2.18. The molecule has 0 spiro atoms. The van der Waals surface area contributed by atoms with Crippen LogP contribution < -0.4 is 4.74 Å². The third kappa shape index (κ3) is 3.27. The predicted molar refractivity (Wildman–Crippen MR) is 83.6 cm³/mol. The third-order valence-electron chi connectivity index (χ3n) is 4.05. The summed E-state index contributed by atoms with van der Waals surface area (Å²) in [6.45, 7) is 7.93. The Morgan fingerprint density at radius 1 is 1.38 bits per heavy atom. The molecule has 0 unspecified atom stereocenters. The number of aromatic amines is 1. The fourth-order valence-corrected chi connectivity index (χ4v) is 3.01. The highest BCUT2D eigenvalue weighted by atomic mass is 16.5. The van der Waals surface area contributed by atoms with Gasteiger partial charge in [-0.3, -0.25) is 4.90 Å². The van der Waals surface area contributed by atoms with Crippen molar-refractivity contribution >= 4 is 0 Å². The number of para-hydroxylation sites is 1. The molecule has 4 heteroatoms. The maximum Gasteiger partial charge on any atom is 0.123 e. The minimum Gasteiger partial charge on any atom is -0.494 e. The van der Waals surface area contributed by atoms with Gasteiger partial charge in [0.2, 0.25) is 0 Å². The molecule has 4 nitrogen and oxygen atoms in total. The molecule has 0 radical (unpaired) electrons. The Kier molecular flexibility index (Phi) is 4.25. The van der Waals surface area contributed by atoms with Gasteiger partial charge in [-0.1, -0.05) is 18.2 Å². The molecule has 1 atom stereocenters. The number of rotatable bonds is 5. The lowest BCUT2D eigenvalue weighted by molar-refractivity contribution is 0.302. The van der Waals surface area contributed by atoms with Crippen molar-refractivity contribution in [3.63, 3.8) is 0 Å². The molecule has 1 aliphatic rings. The van der Waals surface area contributed by atoms with E-state index in [-0.39, 0.29) is 0 Å². The van der Waals surface area contributed by atoms with Crippen LogP contribution in [0.2, 0.25) is 0 Å². The zero-order valence-corrected chi connectivity index (χ0v) is 12.8. The van der Waals surface area contributed by atoms with Crippen molar-refractivity contribution in [3.8, 4) is 5.75 Å². The van der Waals surface area contributed by atoms with Gasteiger partial charge < -0.3 is 9.72 Å². The van der Waals surface area contributed by atoms with Gasteiger partial charge in [-0.2, -0.15) is 0 Å².